The van der Waals surface area contributed by atoms with Crippen LogP contribution in [0.4, 0.5) is 5.69 Å². The third kappa shape index (κ3) is 2.97. The molecule has 1 amide bonds. The zero-order chi connectivity index (χ0) is 14.9. The van der Waals surface area contributed by atoms with Crippen LogP contribution in [0.25, 0.3) is 0 Å². The first-order chi connectivity index (χ1) is 9.32. The van der Waals surface area contributed by atoms with Gasteiger partial charge >= 0.3 is 0 Å². The summed E-state index contributed by atoms with van der Waals surface area (Å²) in [4.78, 5) is 13.4. The molecule has 0 atom stereocenters. The van der Waals surface area contributed by atoms with Gasteiger partial charge in [-0.15, -0.1) is 0 Å². The molecule has 1 aromatic carbocycles. The van der Waals surface area contributed by atoms with Gasteiger partial charge in [-0.2, -0.15) is 4.31 Å². The summed E-state index contributed by atoms with van der Waals surface area (Å²) >= 11 is 3.24. The second kappa shape index (κ2) is 5.71. The van der Waals surface area contributed by atoms with Crippen molar-refractivity contribution in [2.75, 3.05) is 32.4 Å². The lowest BCUT2D eigenvalue weighted by Crippen LogP contribution is -2.38. The summed E-state index contributed by atoms with van der Waals surface area (Å²) < 4.78 is 27.1. The van der Waals surface area contributed by atoms with Crippen LogP contribution in [0.2, 0.25) is 0 Å². The maximum atomic E-state index is 12.6. The first kappa shape index (κ1) is 15.3. The van der Waals surface area contributed by atoms with E-state index in [2.05, 4.69) is 15.9 Å². The summed E-state index contributed by atoms with van der Waals surface area (Å²) in [5, 5.41) is 0. The molecule has 0 unspecified atom stereocenters. The monoisotopic (exact) mass is 361 g/mol. The highest BCUT2D eigenvalue weighted by Crippen LogP contribution is 2.26. The first-order valence-electron chi connectivity index (χ1n) is 6.11. The Morgan fingerprint density at radius 2 is 2.00 bits per heavy atom. The minimum atomic E-state index is -3.76. The summed E-state index contributed by atoms with van der Waals surface area (Å²) in [6.45, 7) is 0.716. The maximum Gasteiger partial charge on any atom is 0.245 e. The Morgan fingerprint density at radius 3 is 2.70 bits per heavy atom. The Hall–Kier alpha value is -1.12. The fourth-order valence-corrected chi connectivity index (χ4v) is 4.12. The van der Waals surface area contributed by atoms with Crippen LogP contribution in [0, 0.1) is 0 Å². The van der Waals surface area contributed by atoms with Gasteiger partial charge in [0.2, 0.25) is 15.9 Å². The van der Waals surface area contributed by atoms with Crippen LogP contribution < -0.4 is 5.73 Å². The van der Waals surface area contributed by atoms with Gasteiger partial charge in [-0.25, -0.2) is 8.42 Å². The van der Waals surface area contributed by atoms with Gasteiger partial charge in [0.05, 0.1) is 12.2 Å². The molecule has 20 heavy (non-hydrogen) atoms. The number of halogens is 1. The molecule has 0 radical (unpaired) electrons. The van der Waals surface area contributed by atoms with Crippen LogP contribution in [0.1, 0.15) is 6.42 Å². The summed E-state index contributed by atoms with van der Waals surface area (Å²) in [6, 6.07) is 4.67. The average molecular weight is 362 g/mol. The highest BCUT2D eigenvalue weighted by Gasteiger charge is 2.31. The molecule has 1 fully saturated rings. The summed E-state index contributed by atoms with van der Waals surface area (Å²) in [7, 11) is -2.09. The molecule has 1 saturated heterocycles. The zero-order valence-electron chi connectivity index (χ0n) is 11.0. The summed E-state index contributed by atoms with van der Waals surface area (Å²) in [6.07, 6.45) is 0.607. The number of nitrogens with two attached hydrogens (primary N) is 1. The number of hydrogen-bond acceptors (Lipinski definition) is 4. The van der Waals surface area contributed by atoms with Gasteiger partial charge in [0, 0.05) is 24.6 Å². The van der Waals surface area contributed by atoms with Crippen molar-refractivity contribution in [2.24, 2.45) is 0 Å². The third-order valence-corrected chi connectivity index (χ3v) is 5.63. The van der Waals surface area contributed by atoms with E-state index in [1.54, 1.807) is 18.0 Å². The number of anilines is 1. The fraction of sp³-hybridized carbons (Fsp3) is 0.417. The number of hydrogen-bond donors (Lipinski definition) is 1. The molecule has 2 N–H and O–H groups in total. The molecule has 8 heteroatoms. The molecule has 1 aliphatic heterocycles. The fourth-order valence-electron chi connectivity index (χ4n) is 2.04. The zero-order valence-corrected chi connectivity index (χ0v) is 13.4. The van der Waals surface area contributed by atoms with Crippen molar-refractivity contribution in [3.05, 3.63) is 22.7 Å². The van der Waals surface area contributed by atoms with E-state index in [9.17, 15) is 13.2 Å². The number of nitrogens with zero attached hydrogens (tertiary/aromatic N) is 2. The average Bonchev–Trinajstić information content (AvgIpc) is 2.55. The quantitative estimate of drug-likeness (QED) is 0.792. The number of carbonyl (C=O) groups is 1. The number of rotatable bonds is 2. The van der Waals surface area contributed by atoms with E-state index in [1.165, 1.54) is 16.4 Å². The van der Waals surface area contributed by atoms with Crippen molar-refractivity contribution >= 4 is 37.5 Å². The lowest BCUT2D eigenvalue weighted by Gasteiger charge is -2.20. The lowest BCUT2D eigenvalue weighted by atomic mass is 10.3. The minimum Gasteiger partial charge on any atom is -0.398 e. The molecule has 1 heterocycles. The predicted molar refractivity (Wildman–Crippen MR) is 79.6 cm³/mol. The number of nitrogen functional groups attached to an aromatic ring is 1. The molecule has 110 valence electrons. The highest BCUT2D eigenvalue weighted by molar-refractivity contribution is 9.10. The largest absolute Gasteiger partial charge is 0.398 e. The Morgan fingerprint density at radius 1 is 1.30 bits per heavy atom. The molecule has 0 saturated carbocycles. The molecule has 0 aromatic heterocycles. The van der Waals surface area contributed by atoms with Crippen LogP contribution in [0.5, 0.6) is 0 Å². The number of benzene rings is 1. The van der Waals surface area contributed by atoms with Crippen molar-refractivity contribution in [3.8, 4) is 0 Å². The molecule has 0 aliphatic carbocycles. The van der Waals surface area contributed by atoms with E-state index in [0.717, 1.165) is 0 Å². The van der Waals surface area contributed by atoms with Crippen LogP contribution in [0.15, 0.2) is 27.6 Å². The van der Waals surface area contributed by atoms with Crippen molar-refractivity contribution in [3.63, 3.8) is 0 Å². The molecule has 1 aliphatic rings. The van der Waals surface area contributed by atoms with Crippen molar-refractivity contribution in [1.29, 1.82) is 0 Å². The number of carbonyl (C=O) groups excluding carboxylic acids is 1. The molecule has 1 aromatic rings. The van der Waals surface area contributed by atoms with Crippen LogP contribution in [-0.4, -0.2) is 50.2 Å². The normalized spacial score (nSPS) is 18.1. The lowest BCUT2D eigenvalue weighted by molar-refractivity contribution is -0.129. The summed E-state index contributed by atoms with van der Waals surface area (Å²) in [5.74, 6) is -0.209. The van der Waals surface area contributed by atoms with E-state index in [0.29, 0.717) is 24.0 Å². The van der Waals surface area contributed by atoms with Gasteiger partial charge in [-0.05, 0) is 24.6 Å². The standard InChI is InChI=1S/C12H16BrN3O3S/c1-15-5-2-6-16(8-12(15)17)20(18,19)11-7-9(13)3-4-10(11)14/h3-4,7H,2,5-6,8,14H2,1H3. The van der Waals surface area contributed by atoms with E-state index in [1.807, 2.05) is 0 Å². The summed E-state index contributed by atoms with van der Waals surface area (Å²) in [5.41, 5.74) is 5.94. The van der Waals surface area contributed by atoms with Crippen molar-refractivity contribution in [1.82, 2.24) is 9.21 Å². The SMILES string of the molecule is CN1CCCN(S(=O)(=O)c2cc(Br)ccc2N)CC1=O. The van der Waals surface area contributed by atoms with E-state index < -0.39 is 10.0 Å². The minimum absolute atomic E-state index is 0.0317. The molecule has 0 bridgehead atoms. The van der Waals surface area contributed by atoms with Crippen LogP contribution in [0.3, 0.4) is 0 Å². The molecule has 6 nitrogen and oxygen atoms in total. The van der Waals surface area contributed by atoms with Gasteiger partial charge in [-0.3, -0.25) is 4.79 Å². The molecule has 0 spiro atoms. The van der Waals surface area contributed by atoms with Gasteiger partial charge in [0.15, 0.2) is 0 Å². The first-order valence-corrected chi connectivity index (χ1v) is 8.35. The van der Waals surface area contributed by atoms with Gasteiger partial charge in [0.1, 0.15) is 4.90 Å². The Bertz CT molecular complexity index is 633. The Labute approximate surface area is 126 Å². The number of likely N-dealkylation sites (N-methyl/N-ethyl adjacent to an activating group) is 1. The topological polar surface area (TPSA) is 83.7 Å². The van der Waals surface area contributed by atoms with Crippen molar-refractivity contribution < 1.29 is 13.2 Å². The predicted octanol–water partition coefficient (Wildman–Crippen LogP) is 0.884. The van der Waals surface area contributed by atoms with Gasteiger partial charge in [-0.1, -0.05) is 15.9 Å². The molecular formula is C12H16BrN3O3S. The second-order valence-electron chi connectivity index (χ2n) is 4.69. The van der Waals surface area contributed by atoms with Crippen molar-refractivity contribution in [2.45, 2.75) is 11.3 Å². The molecule has 2 rings (SSSR count). The second-order valence-corrected chi connectivity index (χ2v) is 7.51. The smallest absolute Gasteiger partial charge is 0.245 e. The Balaban J connectivity index is 2.39. The van der Waals surface area contributed by atoms with E-state index >= 15 is 0 Å². The third-order valence-electron chi connectivity index (χ3n) is 3.23. The highest BCUT2D eigenvalue weighted by atomic mass is 79.9. The molecular weight excluding hydrogens is 346 g/mol. The van der Waals surface area contributed by atoms with Gasteiger partial charge < -0.3 is 10.6 Å². The number of amides is 1. The van der Waals surface area contributed by atoms with Crippen LogP contribution in [-0.2, 0) is 14.8 Å². The Kier molecular flexibility index (Phi) is 4.36. The van der Waals surface area contributed by atoms with Gasteiger partial charge in [0.25, 0.3) is 0 Å². The maximum absolute atomic E-state index is 12.6. The van der Waals surface area contributed by atoms with E-state index in [4.69, 9.17) is 5.73 Å². The number of sulfonamides is 1. The van der Waals surface area contributed by atoms with Crippen LogP contribution >= 0.6 is 15.9 Å². The van der Waals surface area contributed by atoms with E-state index in [-0.39, 0.29) is 23.0 Å².